The second-order valence-corrected chi connectivity index (χ2v) is 15.2. The van der Waals surface area contributed by atoms with Crippen molar-refractivity contribution in [2.45, 2.75) is 88.8 Å². The lowest BCUT2D eigenvalue weighted by Crippen LogP contribution is -2.42. The second-order valence-electron chi connectivity index (χ2n) is 11.4. The minimum absolute atomic E-state index is 0.00624. The molecule has 4 atom stereocenters. The number of benzene rings is 1. The van der Waals surface area contributed by atoms with Gasteiger partial charge in [-0.1, -0.05) is 25.0 Å². The van der Waals surface area contributed by atoms with Gasteiger partial charge in [-0.2, -0.15) is 0 Å². The van der Waals surface area contributed by atoms with Gasteiger partial charge in [-0.25, -0.2) is 0 Å². The number of carbonyl (C=O) groups is 2. The summed E-state index contributed by atoms with van der Waals surface area (Å²) in [6.45, 7) is 6.39. The molecule has 3 aliphatic heterocycles. The number of rotatable bonds is 7. The van der Waals surface area contributed by atoms with E-state index in [0.29, 0.717) is 49.3 Å². The van der Waals surface area contributed by atoms with Gasteiger partial charge in [-0.15, -0.1) is 5.10 Å². The molecule has 0 bridgehead atoms. The quantitative estimate of drug-likeness (QED) is 0.405. The Morgan fingerprint density at radius 3 is 2.79 bits per heavy atom. The fourth-order valence-electron chi connectivity index (χ4n) is 6.66. The van der Waals surface area contributed by atoms with Crippen molar-refractivity contribution >= 4 is 31.6 Å². The Balaban J connectivity index is 1.46. The average Bonchev–Trinajstić information content (AvgIpc) is 3.50. The topological polar surface area (TPSA) is 110 Å². The van der Waals surface area contributed by atoms with Crippen LogP contribution in [-0.2, 0) is 32.9 Å². The largest absolute Gasteiger partial charge is 0.396 e. The Labute approximate surface area is 223 Å². The summed E-state index contributed by atoms with van der Waals surface area (Å²) in [5, 5.41) is 20.3. The van der Waals surface area contributed by atoms with E-state index in [2.05, 4.69) is 15.6 Å². The second kappa shape index (κ2) is 10.5. The van der Waals surface area contributed by atoms with E-state index in [1.807, 2.05) is 30.0 Å². The van der Waals surface area contributed by atoms with Gasteiger partial charge < -0.3 is 24.2 Å². The Morgan fingerprint density at radius 2 is 2.03 bits per heavy atom. The van der Waals surface area contributed by atoms with Gasteiger partial charge in [0.25, 0.3) is 5.91 Å². The minimum atomic E-state index is -3.26. The van der Waals surface area contributed by atoms with Crippen molar-refractivity contribution < 1.29 is 23.5 Å². The predicted molar refractivity (Wildman–Crippen MR) is 144 cm³/mol. The molecule has 9 nitrogen and oxygen atoms in total. The number of aryl methyl sites for hydroxylation is 1. The summed E-state index contributed by atoms with van der Waals surface area (Å²) in [6, 6.07) is 5.64. The van der Waals surface area contributed by atoms with Gasteiger partial charge in [-0.3, -0.25) is 14.3 Å². The lowest BCUT2D eigenvalue weighted by Gasteiger charge is -2.31. The molecule has 2 aromatic rings. The average molecular weight is 544 g/mol. The molecule has 4 heterocycles. The van der Waals surface area contributed by atoms with Crippen molar-refractivity contribution in [3.8, 4) is 0 Å². The highest BCUT2D eigenvalue weighted by molar-refractivity contribution is 6.72. The van der Waals surface area contributed by atoms with Crippen LogP contribution in [0.4, 0.5) is 15.5 Å². The Kier molecular flexibility index (Phi) is 7.45. The van der Waals surface area contributed by atoms with Crippen LogP contribution in [0.25, 0.3) is 0 Å². The van der Waals surface area contributed by atoms with Crippen LogP contribution in [0.2, 0.25) is 18.6 Å². The molecule has 2 fully saturated rings. The summed E-state index contributed by atoms with van der Waals surface area (Å²) in [4.78, 5) is 28.4. The SMILES string of the molecule is C[C@H]1[C@H]([Si](C)(C)F)[C@@H](CCn2cc(CCO)nn2)O[C@]12C(=O)Nc1ccc(N3CCCCCCC3=O)cc12. The van der Waals surface area contributed by atoms with E-state index in [0.717, 1.165) is 31.4 Å². The van der Waals surface area contributed by atoms with Crippen molar-refractivity contribution in [1.82, 2.24) is 15.0 Å². The van der Waals surface area contributed by atoms with E-state index in [-0.39, 0.29) is 24.3 Å². The number of aliphatic hydroxyl groups is 1. The van der Waals surface area contributed by atoms with Crippen LogP contribution in [0.3, 0.4) is 0 Å². The lowest BCUT2D eigenvalue weighted by atomic mass is 9.82. The minimum Gasteiger partial charge on any atom is -0.396 e. The summed E-state index contributed by atoms with van der Waals surface area (Å²) in [7, 11) is -3.26. The van der Waals surface area contributed by atoms with Gasteiger partial charge in [0.1, 0.15) is 0 Å². The molecule has 11 heteroatoms. The van der Waals surface area contributed by atoms with E-state index in [1.54, 1.807) is 24.0 Å². The summed E-state index contributed by atoms with van der Waals surface area (Å²) in [6.07, 6.45) is 6.69. The fraction of sp³-hybridized carbons (Fsp3) is 0.630. The van der Waals surface area contributed by atoms with E-state index in [4.69, 9.17) is 9.84 Å². The van der Waals surface area contributed by atoms with Crippen molar-refractivity contribution in [2.75, 3.05) is 23.4 Å². The van der Waals surface area contributed by atoms with Gasteiger partial charge in [-0.05, 0) is 50.6 Å². The molecule has 1 spiro atoms. The first-order valence-corrected chi connectivity index (χ1v) is 16.7. The van der Waals surface area contributed by atoms with E-state index >= 15 is 4.11 Å². The van der Waals surface area contributed by atoms with Gasteiger partial charge in [0.2, 0.25) is 14.3 Å². The molecule has 0 radical (unpaired) electrons. The van der Waals surface area contributed by atoms with Crippen molar-refractivity contribution in [1.29, 1.82) is 0 Å². The molecule has 2 amide bonds. The first kappa shape index (κ1) is 27.0. The van der Waals surface area contributed by atoms with Gasteiger partial charge >= 0.3 is 0 Å². The van der Waals surface area contributed by atoms with E-state index < -0.39 is 25.7 Å². The third-order valence-electron chi connectivity index (χ3n) is 8.43. The van der Waals surface area contributed by atoms with Crippen LogP contribution >= 0.6 is 0 Å². The molecule has 206 valence electrons. The van der Waals surface area contributed by atoms with Crippen LogP contribution in [0.5, 0.6) is 0 Å². The Morgan fingerprint density at radius 1 is 1.24 bits per heavy atom. The van der Waals surface area contributed by atoms with E-state index in [1.165, 1.54) is 0 Å². The fourth-order valence-corrected chi connectivity index (χ4v) is 9.20. The number of aliphatic hydroxyl groups excluding tert-OH is 1. The monoisotopic (exact) mass is 543 g/mol. The normalized spacial score (nSPS) is 27.9. The highest BCUT2D eigenvalue weighted by Crippen LogP contribution is 2.59. The lowest BCUT2D eigenvalue weighted by molar-refractivity contribution is -0.143. The first-order chi connectivity index (χ1) is 18.1. The maximum Gasteiger partial charge on any atom is 0.261 e. The number of aromatic nitrogens is 3. The number of nitrogens with zero attached hydrogens (tertiary/aromatic N) is 4. The van der Waals surface area contributed by atoms with Crippen molar-refractivity contribution in [3.63, 3.8) is 0 Å². The van der Waals surface area contributed by atoms with Crippen LogP contribution in [-0.4, -0.2) is 59.6 Å². The maximum atomic E-state index is 15.9. The van der Waals surface area contributed by atoms with Gasteiger partial charge in [0.05, 0.1) is 11.8 Å². The highest BCUT2D eigenvalue weighted by Gasteiger charge is 2.65. The maximum absolute atomic E-state index is 15.9. The molecule has 2 N–H and O–H groups in total. The standard InChI is InChI=1S/C27H38FN5O4Si/c1-18-25(38(2,3)28)23(11-14-32-17-19(12-15-34)30-31-32)37-27(18)21-16-20(9-10-22(21)29-26(27)36)33-13-7-5-4-6-8-24(33)35/h9-10,16-18,23,25,34H,4-8,11-15H2,1-3H3,(H,29,36)/t18-,23+,25-,27+/m0/s1. The zero-order chi connectivity index (χ0) is 27.1. The van der Waals surface area contributed by atoms with Crippen LogP contribution in [0, 0.1) is 5.92 Å². The highest BCUT2D eigenvalue weighted by atomic mass is 28.4. The van der Waals surface area contributed by atoms with Crippen LogP contribution in [0.1, 0.15) is 56.7 Å². The van der Waals surface area contributed by atoms with Crippen molar-refractivity contribution in [2.24, 2.45) is 5.92 Å². The number of ether oxygens (including phenoxy) is 1. The Bertz CT molecular complexity index is 1200. The van der Waals surface area contributed by atoms with Gasteiger partial charge in [0.15, 0.2) is 5.60 Å². The third-order valence-corrected chi connectivity index (χ3v) is 10.9. The number of anilines is 2. The molecule has 2 saturated heterocycles. The number of amides is 2. The Hall–Kier alpha value is -2.63. The number of fused-ring (bicyclic) bond motifs is 2. The van der Waals surface area contributed by atoms with E-state index in [9.17, 15) is 9.59 Å². The molecule has 1 aromatic heterocycles. The smallest absolute Gasteiger partial charge is 0.261 e. The van der Waals surface area contributed by atoms with Crippen LogP contribution < -0.4 is 10.2 Å². The van der Waals surface area contributed by atoms with Crippen molar-refractivity contribution in [3.05, 3.63) is 35.7 Å². The third kappa shape index (κ3) is 4.80. The molecule has 0 aliphatic carbocycles. The molecule has 1 aromatic carbocycles. The summed E-state index contributed by atoms with van der Waals surface area (Å²) in [5.41, 5.74) is 1.08. The predicted octanol–water partition coefficient (Wildman–Crippen LogP) is 3.93. The molecule has 0 unspecified atom stereocenters. The molecular weight excluding hydrogens is 505 g/mol. The summed E-state index contributed by atoms with van der Waals surface area (Å²) < 4.78 is 24.2. The molecule has 3 aliphatic rings. The molecule has 0 saturated carbocycles. The summed E-state index contributed by atoms with van der Waals surface area (Å²) in [5.74, 6) is -0.565. The summed E-state index contributed by atoms with van der Waals surface area (Å²) >= 11 is 0. The van der Waals surface area contributed by atoms with Gasteiger partial charge in [0, 0.05) is 67.1 Å². The number of carbonyl (C=O) groups excluding carboxylic acids is 2. The number of hydrogen-bond acceptors (Lipinski definition) is 6. The number of hydrogen-bond donors (Lipinski definition) is 2. The number of halogens is 1. The van der Waals surface area contributed by atoms with Crippen LogP contribution in [0.15, 0.2) is 24.4 Å². The first-order valence-electron chi connectivity index (χ1n) is 13.8. The zero-order valence-corrected chi connectivity index (χ0v) is 23.5. The zero-order valence-electron chi connectivity index (χ0n) is 22.5. The number of nitrogens with one attached hydrogen (secondary N) is 1. The molecule has 5 rings (SSSR count). The molecular formula is C27H38FN5O4Si. The molecule has 38 heavy (non-hydrogen) atoms.